The minimum Gasteiger partial charge on any atom is -0.307 e. The minimum atomic E-state index is 0.488. The summed E-state index contributed by atoms with van der Waals surface area (Å²) < 4.78 is 1.23. The Labute approximate surface area is 121 Å². The van der Waals surface area contributed by atoms with Crippen molar-refractivity contribution in [2.24, 2.45) is 0 Å². The van der Waals surface area contributed by atoms with Gasteiger partial charge in [-0.1, -0.05) is 0 Å². The fourth-order valence-electron chi connectivity index (χ4n) is 2.46. The normalized spacial score (nSPS) is 27.0. The first-order chi connectivity index (χ1) is 8.19. The predicted octanol–water partition coefficient (Wildman–Crippen LogP) is 4.84. The lowest BCUT2D eigenvalue weighted by atomic mass is 9.94. The maximum atomic E-state index is 3.77. The number of rotatable bonds is 4. The molecule has 1 unspecified atom stereocenters. The molecule has 1 fully saturated rings. The van der Waals surface area contributed by atoms with Crippen LogP contribution in [0.3, 0.4) is 0 Å². The molecule has 1 aromatic heterocycles. The van der Waals surface area contributed by atoms with Crippen LogP contribution in [0.4, 0.5) is 0 Å². The summed E-state index contributed by atoms with van der Waals surface area (Å²) in [6, 6.07) is 5.57. The van der Waals surface area contributed by atoms with Crippen molar-refractivity contribution in [1.82, 2.24) is 5.32 Å². The Kier molecular flexibility index (Phi) is 5.40. The van der Waals surface area contributed by atoms with Crippen molar-refractivity contribution in [3.63, 3.8) is 0 Å². The van der Waals surface area contributed by atoms with Crippen LogP contribution in [0.1, 0.15) is 43.5 Å². The molecule has 1 heterocycles. The summed E-state index contributed by atoms with van der Waals surface area (Å²) in [6.07, 6.45) is 7.66. The van der Waals surface area contributed by atoms with Gasteiger partial charge in [0.15, 0.2) is 0 Å². The van der Waals surface area contributed by atoms with Crippen LogP contribution < -0.4 is 5.32 Å². The molecule has 1 nitrogen and oxygen atoms in total. The first kappa shape index (κ1) is 13.9. The van der Waals surface area contributed by atoms with Gasteiger partial charge in [0.05, 0.1) is 3.79 Å². The van der Waals surface area contributed by atoms with Crippen LogP contribution in [-0.2, 0) is 0 Å². The lowest BCUT2D eigenvalue weighted by Crippen LogP contribution is -2.35. The van der Waals surface area contributed by atoms with Gasteiger partial charge in [0, 0.05) is 22.2 Å². The molecule has 17 heavy (non-hydrogen) atoms. The van der Waals surface area contributed by atoms with Gasteiger partial charge in [0.1, 0.15) is 0 Å². The summed E-state index contributed by atoms with van der Waals surface area (Å²) in [4.78, 5) is 1.43. The van der Waals surface area contributed by atoms with E-state index < -0.39 is 0 Å². The molecule has 0 saturated heterocycles. The molecule has 0 bridgehead atoms. The van der Waals surface area contributed by atoms with Crippen molar-refractivity contribution in [3.8, 4) is 0 Å². The summed E-state index contributed by atoms with van der Waals surface area (Å²) in [5.41, 5.74) is 0. The molecule has 0 amide bonds. The second kappa shape index (κ2) is 6.60. The van der Waals surface area contributed by atoms with Crippen LogP contribution in [-0.4, -0.2) is 17.5 Å². The summed E-state index contributed by atoms with van der Waals surface area (Å²) in [6.45, 7) is 2.28. The third kappa shape index (κ3) is 3.98. The van der Waals surface area contributed by atoms with Crippen LogP contribution in [0.2, 0.25) is 0 Å². The van der Waals surface area contributed by atoms with Crippen molar-refractivity contribution in [2.75, 3.05) is 6.26 Å². The molecule has 1 aliphatic carbocycles. The predicted molar refractivity (Wildman–Crippen MR) is 83.1 cm³/mol. The smallest absolute Gasteiger partial charge is 0.0701 e. The van der Waals surface area contributed by atoms with E-state index in [9.17, 15) is 0 Å². The molecule has 0 spiro atoms. The van der Waals surface area contributed by atoms with E-state index in [-0.39, 0.29) is 0 Å². The van der Waals surface area contributed by atoms with Crippen LogP contribution >= 0.6 is 39.0 Å². The molecule has 0 radical (unpaired) electrons. The molecular formula is C13H20BrNS2. The molecule has 0 aliphatic heterocycles. The summed E-state index contributed by atoms with van der Waals surface area (Å²) in [5.74, 6) is 0. The number of hydrogen-bond donors (Lipinski definition) is 1. The quantitative estimate of drug-likeness (QED) is 0.846. The topological polar surface area (TPSA) is 12.0 Å². The van der Waals surface area contributed by atoms with Gasteiger partial charge in [0.2, 0.25) is 0 Å². The molecule has 96 valence electrons. The van der Waals surface area contributed by atoms with Crippen LogP contribution in [0.5, 0.6) is 0 Å². The second-order valence-electron chi connectivity index (χ2n) is 4.74. The zero-order chi connectivity index (χ0) is 12.3. The van der Waals surface area contributed by atoms with Gasteiger partial charge >= 0.3 is 0 Å². The zero-order valence-electron chi connectivity index (χ0n) is 10.4. The maximum Gasteiger partial charge on any atom is 0.0701 e. The highest BCUT2D eigenvalue weighted by Gasteiger charge is 2.22. The average molecular weight is 334 g/mol. The molecule has 2 rings (SSSR count). The van der Waals surface area contributed by atoms with E-state index >= 15 is 0 Å². The van der Waals surface area contributed by atoms with Gasteiger partial charge < -0.3 is 5.32 Å². The Bertz CT molecular complexity index is 345. The third-order valence-corrected chi connectivity index (χ3v) is 6.46. The number of thioether (sulfide) groups is 1. The highest BCUT2D eigenvalue weighted by Crippen LogP contribution is 2.30. The Morgan fingerprint density at radius 1 is 1.35 bits per heavy atom. The Morgan fingerprint density at radius 3 is 2.59 bits per heavy atom. The van der Waals surface area contributed by atoms with Gasteiger partial charge in [0.25, 0.3) is 0 Å². The lowest BCUT2D eigenvalue weighted by Gasteiger charge is -2.30. The van der Waals surface area contributed by atoms with E-state index in [0.717, 1.165) is 5.25 Å². The first-order valence-electron chi connectivity index (χ1n) is 6.23. The second-order valence-corrected chi connectivity index (χ2v) is 8.37. The molecule has 1 aliphatic rings. The average Bonchev–Trinajstić information content (AvgIpc) is 2.77. The minimum absolute atomic E-state index is 0.488. The van der Waals surface area contributed by atoms with Gasteiger partial charge in [-0.3, -0.25) is 0 Å². The summed E-state index contributed by atoms with van der Waals surface area (Å²) >= 11 is 7.40. The molecule has 1 saturated carbocycles. The fourth-order valence-corrected chi connectivity index (χ4v) is 4.64. The monoisotopic (exact) mass is 333 g/mol. The molecule has 1 aromatic rings. The molecule has 4 heteroatoms. The molecule has 0 aromatic carbocycles. The lowest BCUT2D eigenvalue weighted by molar-refractivity contribution is 0.354. The Hall–Kier alpha value is 0.490. The highest BCUT2D eigenvalue weighted by molar-refractivity contribution is 9.11. The van der Waals surface area contributed by atoms with E-state index in [1.165, 1.54) is 34.3 Å². The maximum absolute atomic E-state index is 3.77. The first-order valence-corrected chi connectivity index (χ1v) is 9.13. The number of halogens is 1. The van der Waals surface area contributed by atoms with Crippen molar-refractivity contribution in [2.45, 2.75) is 49.9 Å². The number of nitrogens with one attached hydrogen (secondary N) is 1. The SMILES string of the molecule is CSC1CCC(NC(C)c2ccc(Br)s2)CC1. The van der Waals surface area contributed by atoms with Gasteiger partial charge in [-0.05, 0) is 66.9 Å². The van der Waals surface area contributed by atoms with Crippen molar-refractivity contribution in [3.05, 3.63) is 20.8 Å². The summed E-state index contributed by atoms with van der Waals surface area (Å²) in [7, 11) is 0. The highest BCUT2D eigenvalue weighted by atomic mass is 79.9. The summed E-state index contributed by atoms with van der Waals surface area (Å²) in [5, 5.41) is 4.68. The largest absolute Gasteiger partial charge is 0.307 e. The van der Waals surface area contributed by atoms with E-state index in [1.807, 2.05) is 23.1 Å². The van der Waals surface area contributed by atoms with Crippen molar-refractivity contribution in [1.29, 1.82) is 0 Å². The van der Waals surface area contributed by atoms with Crippen LogP contribution in [0, 0.1) is 0 Å². The molecule has 1 atom stereocenters. The van der Waals surface area contributed by atoms with Crippen LogP contribution in [0.15, 0.2) is 15.9 Å². The number of hydrogen-bond acceptors (Lipinski definition) is 3. The van der Waals surface area contributed by atoms with Crippen molar-refractivity contribution >= 4 is 39.0 Å². The Balaban J connectivity index is 1.81. The molecular weight excluding hydrogens is 314 g/mol. The van der Waals surface area contributed by atoms with Gasteiger partial charge in [-0.15, -0.1) is 11.3 Å². The fraction of sp³-hybridized carbons (Fsp3) is 0.692. The standard InChI is InChI=1S/C13H20BrNS2/c1-9(12-7-8-13(14)17-12)15-10-3-5-11(16-2)6-4-10/h7-11,15H,3-6H2,1-2H3. The van der Waals surface area contributed by atoms with E-state index in [1.54, 1.807) is 0 Å². The molecule has 1 N–H and O–H groups in total. The van der Waals surface area contributed by atoms with Crippen molar-refractivity contribution < 1.29 is 0 Å². The van der Waals surface area contributed by atoms with E-state index in [0.29, 0.717) is 12.1 Å². The zero-order valence-corrected chi connectivity index (χ0v) is 13.6. The van der Waals surface area contributed by atoms with Crippen LogP contribution in [0.25, 0.3) is 0 Å². The Morgan fingerprint density at radius 2 is 2.06 bits per heavy atom. The number of thiophene rings is 1. The van der Waals surface area contributed by atoms with E-state index in [4.69, 9.17) is 0 Å². The van der Waals surface area contributed by atoms with Gasteiger partial charge in [-0.2, -0.15) is 11.8 Å². The van der Waals surface area contributed by atoms with E-state index in [2.05, 4.69) is 46.6 Å². The van der Waals surface area contributed by atoms with Gasteiger partial charge in [-0.25, -0.2) is 0 Å². The third-order valence-electron chi connectivity index (χ3n) is 3.51.